The normalized spacial score (nSPS) is 11.4. The average Bonchev–Trinajstić information content (AvgIpc) is 2.91. The summed E-state index contributed by atoms with van der Waals surface area (Å²) in [5, 5.41) is 2.12. The van der Waals surface area contributed by atoms with E-state index in [2.05, 4.69) is 35.9 Å². The quantitative estimate of drug-likeness (QED) is 0.792. The van der Waals surface area contributed by atoms with E-state index in [0.29, 0.717) is 12.5 Å². The second kappa shape index (κ2) is 5.31. The van der Waals surface area contributed by atoms with Crippen LogP contribution in [0.4, 0.5) is 0 Å². The van der Waals surface area contributed by atoms with E-state index < -0.39 is 0 Å². The Kier molecular flexibility index (Phi) is 3.51. The minimum Gasteiger partial charge on any atom is -0.325 e. The third-order valence-corrected chi connectivity index (χ3v) is 4.64. The van der Waals surface area contributed by atoms with Gasteiger partial charge in [0.1, 0.15) is 5.01 Å². The van der Waals surface area contributed by atoms with E-state index in [1.165, 1.54) is 4.88 Å². The van der Waals surface area contributed by atoms with Crippen LogP contribution in [0.1, 0.15) is 29.7 Å². The molecule has 0 fully saturated rings. The number of fused-ring (bicyclic) bond motifs is 1. The van der Waals surface area contributed by atoms with Crippen LogP contribution in [0.15, 0.2) is 36.5 Å². The molecule has 2 heterocycles. The number of rotatable bonds is 3. The fraction of sp³-hybridized carbons (Fsp3) is 0.250. The Morgan fingerprint density at radius 1 is 1.25 bits per heavy atom. The van der Waals surface area contributed by atoms with Crippen molar-refractivity contribution in [3.8, 4) is 11.3 Å². The van der Waals surface area contributed by atoms with Gasteiger partial charge in [-0.2, -0.15) is 0 Å². The maximum Gasteiger partial charge on any atom is 0.107 e. The molecule has 0 aliphatic carbocycles. The zero-order valence-electron chi connectivity index (χ0n) is 11.6. The lowest BCUT2D eigenvalue weighted by Gasteiger charge is -2.06. The SMILES string of the molecule is CC(C)c1sc(CN)nc1-c1cnc2ccccc2c1. The van der Waals surface area contributed by atoms with E-state index in [4.69, 9.17) is 5.73 Å². The number of pyridine rings is 1. The van der Waals surface area contributed by atoms with Crippen molar-refractivity contribution < 1.29 is 0 Å². The van der Waals surface area contributed by atoms with Gasteiger partial charge >= 0.3 is 0 Å². The van der Waals surface area contributed by atoms with E-state index in [1.54, 1.807) is 11.3 Å². The van der Waals surface area contributed by atoms with Gasteiger partial charge in [0.05, 0.1) is 11.2 Å². The second-order valence-electron chi connectivity index (χ2n) is 5.10. The summed E-state index contributed by atoms with van der Waals surface area (Å²) in [7, 11) is 0. The largest absolute Gasteiger partial charge is 0.325 e. The Hall–Kier alpha value is -1.78. The third-order valence-electron chi connectivity index (χ3n) is 3.26. The Balaban J connectivity index is 2.16. The summed E-state index contributed by atoms with van der Waals surface area (Å²) in [6.07, 6.45) is 1.91. The molecule has 0 spiro atoms. The van der Waals surface area contributed by atoms with Gasteiger partial charge in [0.2, 0.25) is 0 Å². The van der Waals surface area contributed by atoms with Gasteiger partial charge in [-0.15, -0.1) is 11.3 Å². The fourth-order valence-electron chi connectivity index (χ4n) is 2.26. The summed E-state index contributed by atoms with van der Waals surface area (Å²) in [4.78, 5) is 10.5. The molecule has 0 radical (unpaired) electrons. The number of hydrogen-bond acceptors (Lipinski definition) is 4. The van der Waals surface area contributed by atoms with Crippen molar-refractivity contribution in [2.24, 2.45) is 5.73 Å². The molecule has 3 rings (SSSR count). The maximum atomic E-state index is 5.73. The monoisotopic (exact) mass is 283 g/mol. The molecule has 0 amide bonds. The summed E-state index contributed by atoms with van der Waals surface area (Å²) in [6.45, 7) is 4.86. The van der Waals surface area contributed by atoms with E-state index in [-0.39, 0.29) is 0 Å². The number of thiazole rings is 1. The van der Waals surface area contributed by atoms with Crippen LogP contribution >= 0.6 is 11.3 Å². The Bertz CT molecular complexity index is 746. The Labute approximate surface area is 122 Å². The van der Waals surface area contributed by atoms with E-state index in [1.807, 2.05) is 24.4 Å². The van der Waals surface area contributed by atoms with Crippen LogP contribution in [0.3, 0.4) is 0 Å². The highest BCUT2D eigenvalue weighted by Crippen LogP contribution is 2.34. The van der Waals surface area contributed by atoms with Crippen molar-refractivity contribution in [1.82, 2.24) is 9.97 Å². The molecule has 0 unspecified atom stereocenters. The molecule has 0 saturated heterocycles. The first-order chi connectivity index (χ1) is 9.69. The van der Waals surface area contributed by atoms with Gasteiger partial charge in [-0.05, 0) is 18.1 Å². The van der Waals surface area contributed by atoms with Crippen LogP contribution in [0.25, 0.3) is 22.2 Å². The lowest BCUT2D eigenvalue weighted by Crippen LogP contribution is -1.94. The van der Waals surface area contributed by atoms with Gasteiger partial charge in [0.15, 0.2) is 0 Å². The molecule has 3 nitrogen and oxygen atoms in total. The van der Waals surface area contributed by atoms with E-state index in [9.17, 15) is 0 Å². The molecular formula is C16H17N3S. The number of hydrogen-bond donors (Lipinski definition) is 1. The second-order valence-corrected chi connectivity index (χ2v) is 6.21. The molecule has 0 bridgehead atoms. The topological polar surface area (TPSA) is 51.8 Å². The van der Waals surface area contributed by atoms with Gasteiger partial charge in [-0.1, -0.05) is 32.0 Å². The highest BCUT2D eigenvalue weighted by Gasteiger charge is 2.15. The minimum atomic E-state index is 0.439. The first-order valence-electron chi connectivity index (χ1n) is 6.74. The van der Waals surface area contributed by atoms with Gasteiger partial charge in [0, 0.05) is 28.6 Å². The van der Waals surface area contributed by atoms with Crippen LogP contribution in [0.2, 0.25) is 0 Å². The van der Waals surface area contributed by atoms with Crippen LogP contribution < -0.4 is 5.73 Å². The summed E-state index contributed by atoms with van der Waals surface area (Å²) in [5.74, 6) is 0.439. The lowest BCUT2D eigenvalue weighted by molar-refractivity contribution is 0.887. The molecule has 102 valence electrons. The van der Waals surface area contributed by atoms with Gasteiger partial charge < -0.3 is 5.73 Å². The number of aromatic nitrogens is 2. The van der Waals surface area contributed by atoms with Gasteiger partial charge in [0.25, 0.3) is 0 Å². The molecule has 0 atom stereocenters. The van der Waals surface area contributed by atoms with E-state index in [0.717, 1.165) is 27.2 Å². The van der Waals surface area contributed by atoms with Crippen molar-refractivity contribution in [3.05, 3.63) is 46.4 Å². The number of nitrogens with zero attached hydrogens (tertiary/aromatic N) is 2. The first-order valence-corrected chi connectivity index (χ1v) is 7.55. The fourth-order valence-corrected chi connectivity index (χ4v) is 3.23. The van der Waals surface area contributed by atoms with Crippen LogP contribution in [0, 0.1) is 0 Å². The Morgan fingerprint density at radius 3 is 2.80 bits per heavy atom. The average molecular weight is 283 g/mol. The van der Waals surface area contributed by atoms with Crippen LogP contribution in [0.5, 0.6) is 0 Å². The molecule has 2 aromatic heterocycles. The maximum absolute atomic E-state index is 5.73. The lowest BCUT2D eigenvalue weighted by atomic mass is 10.1. The van der Waals surface area contributed by atoms with Crippen molar-refractivity contribution in [2.75, 3.05) is 0 Å². The molecule has 2 N–H and O–H groups in total. The van der Waals surface area contributed by atoms with Crippen molar-refractivity contribution in [1.29, 1.82) is 0 Å². The highest BCUT2D eigenvalue weighted by atomic mass is 32.1. The molecule has 4 heteroatoms. The van der Waals surface area contributed by atoms with E-state index >= 15 is 0 Å². The predicted molar refractivity (Wildman–Crippen MR) is 84.8 cm³/mol. The number of para-hydroxylation sites is 1. The predicted octanol–water partition coefficient (Wildman–Crippen LogP) is 3.94. The molecule has 0 aliphatic rings. The smallest absolute Gasteiger partial charge is 0.107 e. The molecule has 0 aliphatic heterocycles. The molecule has 20 heavy (non-hydrogen) atoms. The zero-order chi connectivity index (χ0) is 14.1. The molecular weight excluding hydrogens is 266 g/mol. The van der Waals surface area contributed by atoms with Crippen LogP contribution in [-0.2, 0) is 6.54 Å². The van der Waals surface area contributed by atoms with Crippen LogP contribution in [-0.4, -0.2) is 9.97 Å². The molecule has 0 saturated carbocycles. The summed E-state index contributed by atoms with van der Waals surface area (Å²) in [6, 6.07) is 10.3. The van der Waals surface area contributed by atoms with Crippen molar-refractivity contribution >= 4 is 22.2 Å². The summed E-state index contributed by atoms with van der Waals surface area (Å²) < 4.78 is 0. The Morgan fingerprint density at radius 2 is 2.05 bits per heavy atom. The van der Waals surface area contributed by atoms with Gasteiger partial charge in [-0.3, -0.25) is 4.98 Å². The van der Waals surface area contributed by atoms with Crippen molar-refractivity contribution in [2.45, 2.75) is 26.3 Å². The number of nitrogens with two attached hydrogens (primary N) is 1. The molecule has 3 aromatic rings. The zero-order valence-corrected chi connectivity index (χ0v) is 12.4. The highest BCUT2D eigenvalue weighted by molar-refractivity contribution is 7.12. The molecule has 1 aromatic carbocycles. The third kappa shape index (κ3) is 2.32. The standard InChI is InChI=1S/C16H17N3S/c1-10(2)16-15(19-14(8-17)20-16)12-7-11-5-3-4-6-13(11)18-9-12/h3-7,9-10H,8,17H2,1-2H3. The first kappa shape index (κ1) is 13.2. The van der Waals surface area contributed by atoms with Crippen molar-refractivity contribution in [3.63, 3.8) is 0 Å². The van der Waals surface area contributed by atoms with Gasteiger partial charge in [-0.25, -0.2) is 4.98 Å². The summed E-state index contributed by atoms with van der Waals surface area (Å²) in [5.41, 5.74) is 8.85. The number of benzene rings is 1. The summed E-state index contributed by atoms with van der Waals surface area (Å²) >= 11 is 1.70. The minimum absolute atomic E-state index is 0.439.